The highest BCUT2D eigenvalue weighted by atomic mass is 127. The molecule has 0 aliphatic carbocycles. The van der Waals surface area contributed by atoms with Crippen LogP contribution in [0.4, 0.5) is 11.8 Å². The van der Waals surface area contributed by atoms with Gasteiger partial charge in [-0.2, -0.15) is 4.98 Å². The number of hydrogen-bond acceptors (Lipinski definition) is 5. The van der Waals surface area contributed by atoms with Crippen LogP contribution in [-0.2, 0) is 0 Å². The van der Waals surface area contributed by atoms with Crippen LogP contribution in [0.5, 0.6) is 0 Å². The number of likely N-dealkylation sites (N-methyl/N-ethyl adjacent to an activating group) is 1. The van der Waals surface area contributed by atoms with Crippen LogP contribution >= 0.6 is 22.6 Å². The number of halogens is 1. The molecule has 0 bridgehead atoms. The Morgan fingerprint density at radius 2 is 1.93 bits per heavy atom. The lowest BCUT2D eigenvalue weighted by Crippen LogP contribution is -2.44. The average Bonchev–Trinajstić information content (AvgIpc) is 2.17. The maximum absolute atomic E-state index is 5.63. The highest BCUT2D eigenvalue weighted by molar-refractivity contribution is 14.1. The van der Waals surface area contributed by atoms with Gasteiger partial charge in [0.25, 0.3) is 0 Å². The van der Waals surface area contributed by atoms with Crippen molar-refractivity contribution in [3.8, 4) is 0 Å². The lowest BCUT2D eigenvalue weighted by Gasteiger charge is -2.33. The van der Waals surface area contributed by atoms with Crippen LogP contribution in [0.2, 0.25) is 0 Å². The first-order valence-electron chi connectivity index (χ1n) is 4.89. The fourth-order valence-corrected chi connectivity index (χ4v) is 2.15. The van der Waals surface area contributed by atoms with Crippen LogP contribution in [0, 0.1) is 3.70 Å². The predicted molar refractivity (Wildman–Crippen MR) is 68.9 cm³/mol. The molecule has 82 valence electrons. The Hall–Kier alpha value is -0.630. The van der Waals surface area contributed by atoms with E-state index < -0.39 is 0 Å². The van der Waals surface area contributed by atoms with Gasteiger partial charge < -0.3 is 15.5 Å². The summed E-state index contributed by atoms with van der Waals surface area (Å²) in [6.07, 6.45) is 0. The smallest absolute Gasteiger partial charge is 0.222 e. The average molecular weight is 319 g/mol. The van der Waals surface area contributed by atoms with E-state index in [1.165, 1.54) is 0 Å². The number of nitrogens with two attached hydrogens (primary N) is 1. The Labute approximate surface area is 103 Å². The summed E-state index contributed by atoms with van der Waals surface area (Å²) in [5, 5.41) is 0. The predicted octanol–water partition coefficient (Wildman–Crippen LogP) is 0.415. The maximum atomic E-state index is 5.63. The van der Waals surface area contributed by atoms with Gasteiger partial charge in [0.15, 0.2) is 0 Å². The van der Waals surface area contributed by atoms with Crippen molar-refractivity contribution < 1.29 is 0 Å². The van der Waals surface area contributed by atoms with E-state index in [2.05, 4.69) is 49.4 Å². The van der Waals surface area contributed by atoms with Crippen molar-refractivity contribution in [1.29, 1.82) is 0 Å². The molecule has 1 aromatic rings. The molecule has 1 aromatic heterocycles. The molecule has 0 saturated carbocycles. The molecular formula is C9H14IN5. The Morgan fingerprint density at radius 1 is 1.27 bits per heavy atom. The van der Waals surface area contributed by atoms with Gasteiger partial charge >= 0.3 is 0 Å². The molecule has 0 unspecified atom stereocenters. The summed E-state index contributed by atoms with van der Waals surface area (Å²) in [7, 11) is 2.13. The van der Waals surface area contributed by atoms with Crippen LogP contribution < -0.4 is 10.6 Å². The summed E-state index contributed by atoms with van der Waals surface area (Å²) in [6, 6.07) is 1.97. The molecule has 0 amide bonds. The van der Waals surface area contributed by atoms with Crippen molar-refractivity contribution in [2.45, 2.75) is 0 Å². The van der Waals surface area contributed by atoms with E-state index in [4.69, 9.17) is 5.73 Å². The lowest BCUT2D eigenvalue weighted by molar-refractivity contribution is 0.312. The molecule has 2 heterocycles. The van der Waals surface area contributed by atoms with E-state index >= 15 is 0 Å². The molecule has 0 atom stereocenters. The van der Waals surface area contributed by atoms with Gasteiger partial charge in [0, 0.05) is 32.2 Å². The van der Waals surface area contributed by atoms with E-state index in [0.29, 0.717) is 5.95 Å². The molecule has 5 nitrogen and oxygen atoms in total. The van der Waals surface area contributed by atoms with Gasteiger partial charge in [-0.05, 0) is 29.6 Å². The number of piperazine rings is 1. The fourth-order valence-electron chi connectivity index (χ4n) is 1.62. The van der Waals surface area contributed by atoms with E-state index in [-0.39, 0.29) is 0 Å². The van der Waals surface area contributed by atoms with Crippen LogP contribution in [-0.4, -0.2) is 48.1 Å². The van der Waals surface area contributed by atoms with Gasteiger partial charge in [-0.25, -0.2) is 4.98 Å². The van der Waals surface area contributed by atoms with E-state index in [1.807, 2.05) is 6.07 Å². The summed E-state index contributed by atoms with van der Waals surface area (Å²) < 4.78 is 0.897. The third-order valence-electron chi connectivity index (χ3n) is 2.53. The second kappa shape index (κ2) is 4.48. The standard InChI is InChI=1S/C9H14IN5/c1-14-2-4-15(5-3-14)8-6-7(10)12-9(11)13-8/h6H,2-5H2,1H3,(H2,11,12,13). The van der Waals surface area contributed by atoms with Crippen molar-refractivity contribution in [1.82, 2.24) is 14.9 Å². The lowest BCUT2D eigenvalue weighted by atomic mass is 10.3. The SMILES string of the molecule is CN1CCN(c2cc(I)nc(N)n2)CC1. The van der Waals surface area contributed by atoms with Crippen LogP contribution in [0.1, 0.15) is 0 Å². The largest absolute Gasteiger partial charge is 0.368 e. The Morgan fingerprint density at radius 3 is 2.53 bits per heavy atom. The first kappa shape index (κ1) is 10.9. The van der Waals surface area contributed by atoms with Crippen molar-refractivity contribution in [3.63, 3.8) is 0 Å². The van der Waals surface area contributed by atoms with Crippen LogP contribution in [0.15, 0.2) is 6.07 Å². The van der Waals surface area contributed by atoms with Crippen molar-refractivity contribution in [2.75, 3.05) is 43.9 Å². The monoisotopic (exact) mass is 319 g/mol. The molecule has 6 heteroatoms. The third kappa shape index (κ3) is 2.69. The van der Waals surface area contributed by atoms with Gasteiger partial charge in [-0.15, -0.1) is 0 Å². The van der Waals surface area contributed by atoms with Crippen LogP contribution in [0.25, 0.3) is 0 Å². The van der Waals surface area contributed by atoms with Gasteiger partial charge in [0.05, 0.1) is 0 Å². The minimum atomic E-state index is 0.357. The molecule has 1 aliphatic rings. The van der Waals surface area contributed by atoms with Gasteiger partial charge in [-0.1, -0.05) is 0 Å². The second-order valence-corrected chi connectivity index (χ2v) is 4.80. The normalized spacial score (nSPS) is 18.1. The molecule has 0 radical (unpaired) electrons. The number of aromatic nitrogens is 2. The van der Waals surface area contributed by atoms with Crippen molar-refractivity contribution in [3.05, 3.63) is 9.77 Å². The highest BCUT2D eigenvalue weighted by Gasteiger charge is 2.16. The second-order valence-electron chi connectivity index (χ2n) is 3.70. The van der Waals surface area contributed by atoms with Gasteiger partial charge in [-0.3, -0.25) is 0 Å². The van der Waals surface area contributed by atoms with E-state index in [1.54, 1.807) is 0 Å². The summed E-state index contributed by atoms with van der Waals surface area (Å²) in [6.45, 7) is 4.15. The number of anilines is 2. The van der Waals surface area contributed by atoms with Crippen molar-refractivity contribution >= 4 is 34.4 Å². The van der Waals surface area contributed by atoms with E-state index in [0.717, 1.165) is 35.7 Å². The summed E-state index contributed by atoms with van der Waals surface area (Å²) in [4.78, 5) is 12.9. The molecule has 1 aliphatic heterocycles. The van der Waals surface area contributed by atoms with Gasteiger partial charge in [0.1, 0.15) is 9.52 Å². The third-order valence-corrected chi connectivity index (χ3v) is 3.08. The Balaban J connectivity index is 2.15. The highest BCUT2D eigenvalue weighted by Crippen LogP contribution is 2.16. The summed E-state index contributed by atoms with van der Waals surface area (Å²) in [5.41, 5.74) is 5.63. The van der Waals surface area contributed by atoms with Crippen LogP contribution in [0.3, 0.4) is 0 Å². The molecule has 0 spiro atoms. The number of hydrogen-bond donors (Lipinski definition) is 1. The first-order valence-corrected chi connectivity index (χ1v) is 5.96. The van der Waals surface area contributed by atoms with Crippen molar-refractivity contribution in [2.24, 2.45) is 0 Å². The maximum Gasteiger partial charge on any atom is 0.222 e. The minimum absolute atomic E-state index is 0.357. The molecule has 1 fully saturated rings. The molecule has 1 saturated heterocycles. The van der Waals surface area contributed by atoms with E-state index in [9.17, 15) is 0 Å². The molecule has 0 aromatic carbocycles. The Bertz CT molecular complexity index is 328. The number of nitrogens with zero attached hydrogens (tertiary/aromatic N) is 4. The number of nitrogen functional groups attached to an aromatic ring is 1. The molecular weight excluding hydrogens is 305 g/mol. The number of rotatable bonds is 1. The minimum Gasteiger partial charge on any atom is -0.368 e. The molecule has 15 heavy (non-hydrogen) atoms. The quantitative estimate of drug-likeness (QED) is 0.600. The zero-order valence-electron chi connectivity index (χ0n) is 8.65. The topological polar surface area (TPSA) is 58.3 Å². The Kier molecular flexibility index (Phi) is 3.25. The molecule has 2 rings (SSSR count). The molecule has 2 N–H and O–H groups in total. The zero-order valence-corrected chi connectivity index (χ0v) is 10.8. The summed E-state index contributed by atoms with van der Waals surface area (Å²) >= 11 is 2.16. The summed E-state index contributed by atoms with van der Waals surface area (Å²) in [5.74, 6) is 1.30. The fraction of sp³-hybridized carbons (Fsp3) is 0.556. The first-order chi connectivity index (χ1) is 7.15. The zero-order chi connectivity index (χ0) is 10.8. The van der Waals surface area contributed by atoms with Gasteiger partial charge in [0.2, 0.25) is 5.95 Å².